The average molecular weight is 198 g/mol. The molecule has 1 heterocycles. The van der Waals surface area contributed by atoms with Gasteiger partial charge in [0.05, 0.1) is 0 Å². The molecule has 2 atom stereocenters. The van der Waals surface area contributed by atoms with Gasteiger partial charge in [0.1, 0.15) is 0 Å². The lowest BCUT2D eigenvalue weighted by molar-refractivity contribution is 0.144. The van der Waals surface area contributed by atoms with Gasteiger partial charge in [0.15, 0.2) is 0 Å². The summed E-state index contributed by atoms with van der Waals surface area (Å²) in [6, 6.07) is 0.327. The van der Waals surface area contributed by atoms with Crippen LogP contribution >= 0.6 is 0 Å². The van der Waals surface area contributed by atoms with E-state index in [-0.39, 0.29) is 12.1 Å². The first-order valence-electron chi connectivity index (χ1n) is 5.54. The molecule has 0 aliphatic carbocycles. The monoisotopic (exact) mass is 198 g/mol. The average Bonchev–Trinajstić information content (AvgIpc) is 2.00. The molecule has 2 unspecified atom stereocenters. The molecule has 82 valence electrons. The second-order valence-electron chi connectivity index (χ2n) is 4.96. The molecule has 0 aromatic carbocycles. The van der Waals surface area contributed by atoms with Gasteiger partial charge in [0.25, 0.3) is 0 Å². The van der Waals surface area contributed by atoms with Crippen molar-refractivity contribution >= 4 is 6.03 Å². The zero-order chi connectivity index (χ0) is 10.7. The lowest BCUT2D eigenvalue weighted by Gasteiger charge is -2.35. The molecule has 0 spiro atoms. The molecule has 1 saturated heterocycles. The molecule has 0 aromatic heterocycles. The third kappa shape index (κ3) is 3.20. The summed E-state index contributed by atoms with van der Waals surface area (Å²) in [6.07, 6.45) is 1.24. The maximum Gasteiger partial charge on any atom is 0.317 e. The third-order valence-corrected chi connectivity index (χ3v) is 2.57. The number of urea groups is 1. The SMILES string of the molecule is CC1CC(C)CN(C(=O)NC(C)C)C1. The number of hydrogen-bond acceptors (Lipinski definition) is 1. The summed E-state index contributed by atoms with van der Waals surface area (Å²) in [5, 5.41) is 2.94. The van der Waals surface area contributed by atoms with Crippen LogP contribution in [0.25, 0.3) is 0 Å². The summed E-state index contributed by atoms with van der Waals surface area (Å²) in [5.41, 5.74) is 0. The molecule has 0 bridgehead atoms. The Hall–Kier alpha value is -0.730. The highest BCUT2D eigenvalue weighted by Crippen LogP contribution is 2.20. The number of rotatable bonds is 1. The van der Waals surface area contributed by atoms with Crippen molar-refractivity contribution in [3.05, 3.63) is 0 Å². The molecular weight excluding hydrogens is 176 g/mol. The van der Waals surface area contributed by atoms with Crippen LogP contribution in [0.5, 0.6) is 0 Å². The van der Waals surface area contributed by atoms with E-state index in [0.29, 0.717) is 11.8 Å². The molecule has 0 radical (unpaired) electrons. The molecule has 0 saturated carbocycles. The van der Waals surface area contributed by atoms with Gasteiger partial charge in [-0.15, -0.1) is 0 Å². The van der Waals surface area contributed by atoms with Crippen LogP contribution in [0, 0.1) is 11.8 Å². The minimum Gasteiger partial charge on any atom is -0.336 e. The fourth-order valence-corrected chi connectivity index (χ4v) is 2.17. The highest BCUT2D eigenvalue weighted by molar-refractivity contribution is 5.74. The maximum absolute atomic E-state index is 11.7. The minimum absolute atomic E-state index is 0.0957. The van der Waals surface area contributed by atoms with Gasteiger partial charge in [-0.05, 0) is 32.1 Å². The molecule has 0 aromatic rings. The van der Waals surface area contributed by atoms with Crippen LogP contribution in [0.4, 0.5) is 4.79 Å². The van der Waals surface area contributed by atoms with Crippen molar-refractivity contribution in [3.63, 3.8) is 0 Å². The van der Waals surface area contributed by atoms with Crippen molar-refractivity contribution in [2.24, 2.45) is 11.8 Å². The van der Waals surface area contributed by atoms with Crippen LogP contribution < -0.4 is 5.32 Å². The summed E-state index contributed by atoms with van der Waals surface area (Å²) < 4.78 is 0. The topological polar surface area (TPSA) is 32.3 Å². The van der Waals surface area contributed by atoms with E-state index in [4.69, 9.17) is 0 Å². The summed E-state index contributed by atoms with van der Waals surface area (Å²) in [5.74, 6) is 1.27. The number of nitrogens with one attached hydrogen (secondary N) is 1. The van der Waals surface area contributed by atoms with Crippen LogP contribution in [0.15, 0.2) is 0 Å². The molecular formula is C11H22N2O. The zero-order valence-corrected chi connectivity index (χ0v) is 9.71. The first-order valence-corrected chi connectivity index (χ1v) is 5.54. The van der Waals surface area contributed by atoms with Crippen molar-refractivity contribution in [3.8, 4) is 0 Å². The van der Waals surface area contributed by atoms with Crippen molar-refractivity contribution in [1.82, 2.24) is 10.2 Å². The molecule has 1 fully saturated rings. The van der Waals surface area contributed by atoms with Crippen LogP contribution in [-0.2, 0) is 0 Å². The van der Waals surface area contributed by atoms with Gasteiger partial charge < -0.3 is 10.2 Å². The number of piperidine rings is 1. The summed E-state index contributed by atoms with van der Waals surface area (Å²) in [4.78, 5) is 13.7. The van der Waals surface area contributed by atoms with Crippen LogP contribution in [-0.4, -0.2) is 30.1 Å². The Morgan fingerprint density at radius 1 is 1.29 bits per heavy atom. The second kappa shape index (κ2) is 4.67. The van der Waals surface area contributed by atoms with Gasteiger partial charge in [-0.1, -0.05) is 13.8 Å². The first kappa shape index (κ1) is 11.3. The predicted octanol–water partition coefficient (Wildman–Crippen LogP) is 2.08. The Labute approximate surface area is 86.9 Å². The van der Waals surface area contributed by atoms with E-state index in [9.17, 15) is 4.79 Å². The van der Waals surface area contributed by atoms with E-state index >= 15 is 0 Å². The second-order valence-corrected chi connectivity index (χ2v) is 4.96. The third-order valence-electron chi connectivity index (χ3n) is 2.57. The number of nitrogens with zero attached hydrogens (tertiary/aromatic N) is 1. The van der Waals surface area contributed by atoms with Crippen LogP contribution in [0.1, 0.15) is 34.1 Å². The van der Waals surface area contributed by atoms with E-state index in [1.165, 1.54) is 6.42 Å². The Kier molecular flexibility index (Phi) is 3.78. The van der Waals surface area contributed by atoms with Gasteiger partial charge in [0, 0.05) is 19.1 Å². The molecule has 3 heteroatoms. The number of likely N-dealkylation sites (tertiary alicyclic amines) is 1. The fraction of sp³-hybridized carbons (Fsp3) is 0.909. The molecule has 14 heavy (non-hydrogen) atoms. The van der Waals surface area contributed by atoms with E-state index < -0.39 is 0 Å². The minimum atomic E-state index is 0.0957. The van der Waals surface area contributed by atoms with Gasteiger partial charge in [-0.3, -0.25) is 0 Å². The van der Waals surface area contributed by atoms with Gasteiger partial charge in [0.2, 0.25) is 0 Å². The van der Waals surface area contributed by atoms with Crippen molar-refractivity contribution in [1.29, 1.82) is 0 Å². The Balaban J connectivity index is 2.46. The molecule has 2 amide bonds. The van der Waals surface area contributed by atoms with Crippen LogP contribution in [0.2, 0.25) is 0 Å². The Morgan fingerprint density at radius 2 is 1.79 bits per heavy atom. The first-order chi connectivity index (χ1) is 6.49. The molecule has 3 nitrogen and oxygen atoms in total. The van der Waals surface area contributed by atoms with E-state index in [1.807, 2.05) is 18.7 Å². The number of amides is 2. The lowest BCUT2D eigenvalue weighted by atomic mass is 9.92. The highest BCUT2D eigenvalue weighted by Gasteiger charge is 2.25. The van der Waals surface area contributed by atoms with Crippen molar-refractivity contribution in [2.75, 3.05) is 13.1 Å². The Bertz CT molecular complexity index is 193. The maximum atomic E-state index is 11.7. The van der Waals surface area contributed by atoms with Crippen molar-refractivity contribution in [2.45, 2.75) is 40.2 Å². The quantitative estimate of drug-likeness (QED) is 0.687. The largest absolute Gasteiger partial charge is 0.336 e. The van der Waals surface area contributed by atoms with E-state index in [1.54, 1.807) is 0 Å². The highest BCUT2D eigenvalue weighted by atomic mass is 16.2. The Morgan fingerprint density at radius 3 is 2.21 bits per heavy atom. The fourth-order valence-electron chi connectivity index (χ4n) is 2.17. The predicted molar refractivity (Wildman–Crippen MR) is 58.2 cm³/mol. The van der Waals surface area contributed by atoms with Gasteiger partial charge in [-0.25, -0.2) is 4.79 Å². The molecule has 1 rings (SSSR count). The molecule has 1 N–H and O–H groups in total. The van der Waals surface area contributed by atoms with Gasteiger partial charge >= 0.3 is 6.03 Å². The standard InChI is InChI=1S/C11H22N2O/c1-8(2)12-11(14)13-6-9(3)5-10(4)7-13/h8-10H,5-7H2,1-4H3,(H,12,14). The molecule has 1 aliphatic heterocycles. The van der Waals surface area contributed by atoms with Crippen molar-refractivity contribution < 1.29 is 4.79 Å². The number of carbonyl (C=O) groups is 1. The van der Waals surface area contributed by atoms with E-state index in [0.717, 1.165) is 13.1 Å². The smallest absolute Gasteiger partial charge is 0.317 e. The summed E-state index contributed by atoms with van der Waals surface area (Å²) in [6.45, 7) is 10.2. The summed E-state index contributed by atoms with van der Waals surface area (Å²) >= 11 is 0. The molecule has 1 aliphatic rings. The normalized spacial score (nSPS) is 27.9. The lowest BCUT2D eigenvalue weighted by Crippen LogP contribution is -2.49. The zero-order valence-electron chi connectivity index (χ0n) is 9.71. The van der Waals surface area contributed by atoms with E-state index in [2.05, 4.69) is 19.2 Å². The van der Waals surface area contributed by atoms with Gasteiger partial charge in [-0.2, -0.15) is 0 Å². The van der Waals surface area contributed by atoms with Crippen LogP contribution in [0.3, 0.4) is 0 Å². The number of carbonyl (C=O) groups excluding carboxylic acids is 1. The summed E-state index contributed by atoms with van der Waals surface area (Å²) in [7, 11) is 0. The number of hydrogen-bond donors (Lipinski definition) is 1.